The lowest BCUT2D eigenvalue weighted by atomic mass is 9.99. The number of anilines is 1. The van der Waals surface area contributed by atoms with E-state index in [1.54, 1.807) is 6.92 Å². The van der Waals surface area contributed by atoms with Crippen molar-refractivity contribution in [2.75, 3.05) is 24.2 Å². The largest absolute Gasteiger partial charge is 0.326 e. The van der Waals surface area contributed by atoms with Crippen molar-refractivity contribution in [2.45, 2.75) is 19.8 Å². The Labute approximate surface area is 139 Å². The van der Waals surface area contributed by atoms with Crippen molar-refractivity contribution in [3.05, 3.63) is 27.8 Å². The second-order valence-corrected chi connectivity index (χ2v) is 8.60. The van der Waals surface area contributed by atoms with Crippen LogP contribution in [0.15, 0.2) is 24.3 Å². The molecule has 0 radical (unpaired) electrons. The van der Waals surface area contributed by atoms with Crippen molar-refractivity contribution in [3.8, 4) is 0 Å². The van der Waals surface area contributed by atoms with Gasteiger partial charge in [-0.2, -0.15) is 0 Å². The minimum Gasteiger partial charge on any atom is -0.326 e. The van der Waals surface area contributed by atoms with Gasteiger partial charge >= 0.3 is 0 Å². The SMILES string of the molecule is CCS(=O)(=O)N1CCC[C@@H](C(=O)Nc2cccc(I)c2)C1. The fourth-order valence-corrected chi connectivity index (χ4v) is 4.12. The summed E-state index contributed by atoms with van der Waals surface area (Å²) in [6.45, 7) is 2.43. The molecule has 1 aliphatic rings. The van der Waals surface area contributed by atoms with E-state index < -0.39 is 10.0 Å². The molecule has 1 aliphatic heterocycles. The summed E-state index contributed by atoms with van der Waals surface area (Å²) in [4.78, 5) is 12.3. The third-order valence-electron chi connectivity index (χ3n) is 3.61. The summed E-state index contributed by atoms with van der Waals surface area (Å²) in [5.41, 5.74) is 0.752. The van der Waals surface area contributed by atoms with E-state index in [9.17, 15) is 13.2 Å². The number of piperidine rings is 1. The van der Waals surface area contributed by atoms with Gasteiger partial charge < -0.3 is 5.32 Å². The highest BCUT2D eigenvalue weighted by Crippen LogP contribution is 2.21. The van der Waals surface area contributed by atoms with Gasteiger partial charge in [-0.05, 0) is 60.6 Å². The molecule has 1 aromatic rings. The first-order valence-electron chi connectivity index (χ1n) is 6.96. The molecule has 0 aromatic heterocycles. The fraction of sp³-hybridized carbons (Fsp3) is 0.500. The normalized spacial score (nSPS) is 20.2. The zero-order valence-corrected chi connectivity index (χ0v) is 14.9. The lowest BCUT2D eigenvalue weighted by Gasteiger charge is -2.30. The maximum atomic E-state index is 12.3. The van der Waals surface area contributed by atoms with Gasteiger partial charge in [-0.3, -0.25) is 4.79 Å². The number of sulfonamides is 1. The second-order valence-electron chi connectivity index (χ2n) is 5.10. The quantitative estimate of drug-likeness (QED) is 0.758. The van der Waals surface area contributed by atoms with Gasteiger partial charge in [0.05, 0.1) is 11.7 Å². The van der Waals surface area contributed by atoms with Crippen LogP contribution in [0.2, 0.25) is 0 Å². The minimum atomic E-state index is -3.22. The Morgan fingerprint density at radius 3 is 2.90 bits per heavy atom. The van der Waals surface area contributed by atoms with Crippen LogP contribution in [-0.4, -0.2) is 37.5 Å². The molecule has 0 saturated carbocycles. The molecule has 2 rings (SSSR count). The zero-order chi connectivity index (χ0) is 15.5. The molecule has 0 aliphatic carbocycles. The summed E-state index contributed by atoms with van der Waals surface area (Å²) >= 11 is 2.19. The van der Waals surface area contributed by atoms with Gasteiger partial charge in [-0.25, -0.2) is 12.7 Å². The Kier molecular flexibility index (Phi) is 5.61. The molecule has 1 heterocycles. The van der Waals surface area contributed by atoms with E-state index in [1.165, 1.54) is 4.31 Å². The van der Waals surface area contributed by atoms with Crippen LogP contribution in [-0.2, 0) is 14.8 Å². The van der Waals surface area contributed by atoms with Gasteiger partial charge in [0.1, 0.15) is 0 Å². The molecule has 0 unspecified atom stereocenters. The molecular formula is C14H19IN2O3S. The maximum Gasteiger partial charge on any atom is 0.228 e. The molecular weight excluding hydrogens is 403 g/mol. The van der Waals surface area contributed by atoms with E-state index >= 15 is 0 Å². The van der Waals surface area contributed by atoms with Gasteiger partial charge in [-0.1, -0.05) is 6.07 Å². The van der Waals surface area contributed by atoms with Crippen LogP contribution in [0.25, 0.3) is 0 Å². The van der Waals surface area contributed by atoms with Crippen molar-refractivity contribution in [2.24, 2.45) is 5.92 Å². The number of carbonyl (C=O) groups excluding carboxylic acids is 1. The van der Waals surface area contributed by atoms with E-state index in [1.807, 2.05) is 24.3 Å². The van der Waals surface area contributed by atoms with Crippen molar-refractivity contribution >= 4 is 44.2 Å². The predicted molar refractivity (Wildman–Crippen MR) is 91.5 cm³/mol. The molecule has 1 N–H and O–H groups in total. The summed E-state index contributed by atoms with van der Waals surface area (Å²) < 4.78 is 26.3. The van der Waals surface area contributed by atoms with E-state index in [0.29, 0.717) is 6.54 Å². The number of hydrogen-bond donors (Lipinski definition) is 1. The average Bonchev–Trinajstić information content (AvgIpc) is 2.47. The van der Waals surface area contributed by atoms with Gasteiger partial charge in [-0.15, -0.1) is 0 Å². The average molecular weight is 422 g/mol. The van der Waals surface area contributed by atoms with E-state index in [-0.39, 0.29) is 24.1 Å². The summed E-state index contributed by atoms with van der Waals surface area (Å²) in [5.74, 6) is -0.302. The van der Waals surface area contributed by atoms with Crippen LogP contribution in [0, 0.1) is 9.49 Å². The summed E-state index contributed by atoms with van der Waals surface area (Å²) in [6.07, 6.45) is 1.45. The Morgan fingerprint density at radius 1 is 1.48 bits per heavy atom. The highest BCUT2D eigenvalue weighted by atomic mass is 127. The second kappa shape index (κ2) is 7.06. The number of benzene rings is 1. The maximum absolute atomic E-state index is 12.3. The molecule has 5 nitrogen and oxygen atoms in total. The number of rotatable bonds is 4. The Bertz CT molecular complexity index is 618. The summed E-state index contributed by atoms with van der Waals surface area (Å²) in [7, 11) is -3.22. The highest BCUT2D eigenvalue weighted by molar-refractivity contribution is 14.1. The molecule has 1 atom stereocenters. The van der Waals surface area contributed by atoms with Crippen LogP contribution < -0.4 is 5.32 Å². The molecule has 1 saturated heterocycles. The van der Waals surface area contributed by atoms with Crippen LogP contribution in [0.4, 0.5) is 5.69 Å². The van der Waals surface area contributed by atoms with Crippen LogP contribution >= 0.6 is 22.6 Å². The first-order valence-corrected chi connectivity index (χ1v) is 9.65. The monoisotopic (exact) mass is 422 g/mol. The van der Waals surface area contributed by atoms with E-state index in [0.717, 1.165) is 22.1 Å². The third-order valence-corrected chi connectivity index (χ3v) is 6.12. The predicted octanol–water partition coefficient (Wildman–Crippen LogP) is 2.29. The Balaban J connectivity index is 2.02. The van der Waals surface area contributed by atoms with Gasteiger partial charge in [0.25, 0.3) is 0 Å². The molecule has 1 amide bonds. The number of halogens is 1. The van der Waals surface area contributed by atoms with Crippen molar-refractivity contribution in [1.82, 2.24) is 4.31 Å². The molecule has 1 fully saturated rings. The lowest BCUT2D eigenvalue weighted by Crippen LogP contribution is -2.44. The Morgan fingerprint density at radius 2 is 2.24 bits per heavy atom. The molecule has 0 spiro atoms. The minimum absolute atomic E-state index is 0.0816. The smallest absolute Gasteiger partial charge is 0.228 e. The van der Waals surface area contributed by atoms with E-state index in [4.69, 9.17) is 0 Å². The third kappa shape index (κ3) is 4.40. The number of amides is 1. The molecule has 0 bridgehead atoms. The van der Waals surface area contributed by atoms with Crippen molar-refractivity contribution in [1.29, 1.82) is 0 Å². The molecule has 116 valence electrons. The lowest BCUT2D eigenvalue weighted by molar-refractivity contribution is -0.120. The van der Waals surface area contributed by atoms with E-state index in [2.05, 4.69) is 27.9 Å². The fourth-order valence-electron chi connectivity index (χ4n) is 2.40. The van der Waals surface area contributed by atoms with Crippen molar-refractivity contribution in [3.63, 3.8) is 0 Å². The Hall–Kier alpha value is -0.670. The number of carbonyl (C=O) groups is 1. The van der Waals surface area contributed by atoms with Gasteiger partial charge in [0.2, 0.25) is 15.9 Å². The number of hydrogen-bond acceptors (Lipinski definition) is 3. The number of nitrogens with one attached hydrogen (secondary N) is 1. The topological polar surface area (TPSA) is 66.5 Å². The first-order chi connectivity index (χ1) is 9.92. The standard InChI is InChI=1S/C14H19IN2O3S/c1-2-21(19,20)17-8-4-5-11(10-17)14(18)16-13-7-3-6-12(15)9-13/h3,6-7,9,11H,2,4-5,8,10H2,1H3,(H,16,18)/t11-/m1/s1. The van der Waals surface area contributed by atoms with Crippen LogP contribution in [0.5, 0.6) is 0 Å². The van der Waals surface area contributed by atoms with Crippen molar-refractivity contribution < 1.29 is 13.2 Å². The highest BCUT2D eigenvalue weighted by Gasteiger charge is 2.31. The zero-order valence-electron chi connectivity index (χ0n) is 11.9. The van der Waals surface area contributed by atoms with Gasteiger partial charge in [0.15, 0.2) is 0 Å². The molecule has 7 heteroatoms. The van der Waals surface area contributed by atoms with Crippen LogP contribution in [0.1, 0.15) is 19.8 Å². The van der Waals surface area contributed by atoms with Gasteiger partial charge in [0, 0.05) is 22.3 Å². The summed E-state index contributed by atoms with van der Waals surface area (Å²) in [6, 6.07) is 7.56. The number of nitrogens with zero attached hydrogens (tertiary/aromatic N) is 1. The first kappa shape index (κ1) is 16.7. The molecule has 21 heavy (non-hydrogen) atoms. The molecule has 1 aromatic carbocycles. The summed E-state index contributed by atoms with van der Waals surface area (Å²) in [5, 5.41) is 2.88. The van der Waals surface area contributed by atoms with Crippen LogP contribution in [0.3, 0.4) is 0 Å².